The Balaban J connectivity index is -0.0000000347. The first-order chi connectivity index (χ1) is 15.4. The summed E-state index contributed by atoms with van der Waals surface area (Å²) in [6, 6.07) is 0. The number of carbonyl (C=O) groups excluding carboxylic acids is 2. The molecule has 0 aliphatic heterocycles. The van der Waals surface area contributed by atoms with Gasteiger partial charge in [0.1, 0.15) is 5.78 Å². The maximum absolute atomic E-state index is 11.0. The molecule has 235 valence electrons. The average Bonchev–Trinajstić information content (AvgIpc) is 2.71. The van der Waals surface area contributed by atoms with Crippen molar-refractivity contribution in [2.45, 2.75) is 120 Å². The quantitative estimate of drug-likeness (QED) is 0.141. The molecule has 0 spiro atoms. The number of ketones is 1. The largest absolute Gasteiger partial charge is 0.555 e. The molecular formula is C32H69NO3Y3-6. The third-order valence-corrected chi connectivity index (χ3v) is 4.23. The van der Waals surface area contributed by atoms with Crippen LogP contribution in [0.3, 0.4) is 0 Å². The molecule has 0 atom stereocenters. The summed E-state index contributed by atoms with van der Waals surface area (Å²) < 4.78 is 4.60. The molecule has 3 radical (unpaired) electrons. The van der Waals surface area contributed by atoms with E-state index in [1.165, 1.54) is 12.8 Å². The number of hydrogen-bond donors (Lipinski definition) is 1. The van der Waals surface area contributed by atoms with Crippen LogP contribution in [0.2, 0.25) is 0 Å². The van der Waals surface area contributed by atoms with Gasteiger partial charge in [-0.25, -0.2) is 7.11 Å². The molecule has 0 aliphatic carbocycles. The van der Waals surface area contributed by atoms with Gasteiger partial charge in [-0.1, -0.05) is 81.6 Å². The van der Waals surface area contributed by atoms with E-state index in [4.69, 9.17) is 0 Å². The Morgan fingerprint density at radius 3 is 1.36 bits per heavy atom. The molecule has 0 aromatic heterocycles. The van der Waals surface area contributed by atoms with Crippen molar-refractivity contribution in [1.82, 2.24) is 5.32 Å². The first-order valence-electron chi connectivity index (χ1n) is 13.1. The molecule has 0 saturated heterocycles. The van der Waals surface area contributed by atoms with E-state index in [0.717, 1.165) is 50.7 Å². The number of ether oxygens (including phenoxy) is 1. The van der Waals surface area contributed by atoms with Crippen molar-refractivity contribution in [2.75, 3.05) is 13.2 Å². The fourth-order valence-corrected chi connectivity index (χ4v) is 2.28. The summed E-state index contributed by atoms with van der Waals surface area (Å²) in [6.07, 6.45) is 8.85. The minimum Gasteiger partial charge on any atom is -0.555 e. The van der Waals surface area contributed by atoms with Crippen LogP contribution < -0.4 is 5.32 Å². The molecule has 0 saturated carbocycles. The fraction of sp³-hybridized carbons (Fsp3) is 0.750. The van der Waals surface area contributed by atoms with Crippen molar-refractivity contribution < 1.29 is 112 Å². The van der Waals surface area contributed by atoms with Crippen LogP contribution in [0, 0.1) is 66.9 Å². The summed E-state index contributed by atoms with van der Waals surface area (Å²) in [5.41, 5.74) is 0. The second-order valence-corrected chi connectivity index (χ2v) is 10.2. The van der Waals surface area contributed by atoms with E-state index in [2.05, 4.69) is 79.5 Å². The topological polar surface area (TPSA) is 55.4 Å². The summed E-state index contributed by atoms with van der Waals surface area (Å²) in [4.78, 5) is 21.6. The molecule has 0 bridgehead atoms. The van der Waals surface area contributed by atoms with Crippen LogP contribution in [0.15, 0.2) is 0 Å². The van der Waals surface area contributed by atoms with Crippen molar-refractivity contribution in [1.29, 1.82) is 0 Å². The van der Waals surface area contributed by atoms with Crippen LogP contribution in [0.4, 0.5) is 0 Å². The molecule has 0 aliphatic rings. The van der Waals surface area contributed by atoms with Crippen molar-refractivity contribution in [2.24, 2.45) is 23.7 Å². The molecule has 0 fully saturated rings. The van der Waals surface area contributed by atoms with Crippen molar-refractivity contribution >= 4 is 11.7 Å². The number of amides is 1. The predicted molar refractivity (Wildman–Crippen MR) is 166 cm³/mol. The Morgan fingerprint density at radius 2 is 1.15 bits per heavy atom. The van der Waals surface area contributed by atoms with Crippen LogP contribution >= 0.6 is 0 Å². The molecule has 0 aromatic rings. The number of unbranched alkanes of at least 4 members (excludes halogenated alkanes) is 2. The fourth-order valence-electron chi connectivity index (χ4n) is 2.28. The average molecular weight is 783 g/mol. The molecule has 0 unspecified atom stereocenters. The number of Topliss-reactive ketones (excluding diaryl/α,β-unsaturated/α-hetero) is 1. The Bertz CT molecular complexity index is 394. The van der Waals surface area contributed by atoms with E-state index in [9.17, 15) is 9.59 Å². The molecular weight excluding hydrogens is 713 g/mol. The Labute approximate surface area is 325 Å². The Morgan fingerprint density at radius 1 is 0.718 bits per heavy atom. The minimum atomic E-state index is 0. The zero-order valence-corrected chi connectivity index (χ0v) is 37.2. The number of carbonyl (C=O) groups is 2. The zero-order chi connectivity index (χ0) is 26.7. The third kappa shape index (κ3) is 92.3. The predicted octanol–water partition coefficient (Wildman–Crippen LogP) is 9.61. The van der Waals surface area contributed by atoms with E-state index >= 15 is 0 Å². The summed E-state index contributed by atoms with van der Waals surface area (Å²) >= 11 is 0. The maximum Gasteiger partial charge on any atom is 0.220 e. The van der Waals surface area contributed by atoms with E-state index in [0.29, 0.717) is 31.1 Å². The first kappa shape index (κ1) is 68.5. The van der Waals surface area contributed by atoms with Gasteiger partial charge >= 0.3 is 0 Å². The second kappa shape index (κ2) is 56.2. The molecule has 4 nitrogen and oxygen atoms in total. The maximum atomic E-state index is 11.0. The van der Waals surface area contributed by atoms with Crippen molar-refractivity contribution in [3.63, 3.8) is 0 Å². The summed E-state index contributed by atoms with van der Waals surface area (Å²) in [6.45, 7) is 28.0. The van der Waals surface area contributed by atoms with Gasteiger partial charge in [-0.15, -0.1) is 6.42 Å². The molecule has 0 rings (SSSR count). The monoisotopic (exact) mass is 782 g/mol. The second-order valence-electron chi connectivity index (χ2n) is 10.2. The summed E-state index contributed by atoms with van der Waals surface area (Å²) in [5, 5.41) is 2.88. The number of nitrogens with one attached hydrogen (secondary N) is 1. The molecule has 0 heterocycles. The number of hydrogen-bond acceptors (Lipinski definition) is 3. The van der Waals surface area contributed by atoms with E-state index in [1.54, 1.807) is 0 Å². The van der Waals surface area contributed by atoms with Gasteiger partial charge in [-0.2, -0.15) is 6.42 Å². The van der Waals surface area contributed by atoms with Gasteiger partial charge in [-0.05, 0) is 36.5 Å². The SMILES string of the molecule is CCCCNC(=O)CC(C)C.[CH2-]CC(=O)CC(C)C.[CH2-]CCCC(C)C.[CH2-]OCCC(C)C.[CH3-].[CH3-].[CH3-].[Y].[Y].[Y]. The third-order valence-electron chi connectivity index (χ3n) is 4.23. The van der Waals surface area contributed by atoms with Gasteiger partial charge in [0.2, 0.25) is 5.91 Å². The van der Waals surface area contributed by atoms with E-state index in [-0.39, 0.29) is 132 Å². The van der Waals surface area contributed by atoms with Crippen LogP contribution in [0.1, 0.15) is 120 Å². The van der Waals surface area contributed by atoms with Gasteiger partial charge in [0, 0.05) is 124 Å². The van der Waals surface area contributed by atoms with Crippen LogP contribution in [0.25, 0.3) is 0 Å². The standard InChI is InChI=1S/C9H19NO.C7H13O.C7H15.C6H13O.3CH3.3Y/c1-4-5-6-10-9(11)7-8(2)3;1-4-7(8)5-6(2)3;1-4-5-6-7(2)3;1-6(2)4-5-7-3;;;;;;/h8H,4-7H2,1-3H3,(H,10,11);6H,1,4-5H2,2-3H3;7H,1,4-6H2,2-3H3;6H,3-5H2,1-2H3;3*1H3;;;/q;6*-1;;;. The molecule has 1 amide bonds. The zero-order valence-electron chi connectivity index (χ0n) is 28.7. The minimum absolute atomic E-state index is 0. The van der Waals surface area contributed by atoms with E-state index in [1.807, 2.05) is 13.8 Å². The van der Waals surface area contributed by atoms with Crippen molar-refractivity contribution in [3.8, 4) is 0 Å². The number of rotatable bonds is 14. The van der Waals surface area contributed by atoms with E-state index < -0.39 is 0 Å². The molecule has 39 heavy (non-hydrogen) atoms. The Kier molecular flexibility index (Phi) is 98.8. The smallest absolute Gasteiger partial charge is 0.220 e. The van der Waals surface area contributed by atoms with Gasteiger partial charge in [0.25, 0.3) is 0 Å². The Hall–Kier alpha value is 2.41. The van der Waals surface area contributed by atoms with Gasteiger partial charge in [0.15, 0.2) is 0 Å². The van der Waals surface area contributed by atoms with Crippen LogP contribution in [-0.4, -0.2) is 24.8 Å². The van der Waals surface area contributed by atoms with Crippen LogP contribution in [-0.2, 0) is 112 Å². The van der Waals surface area contributed by atoms with Gasteiger partial charge in [-0.3, -0.25) is 4.79 Å². The van der Waals surface area contributed by atoms with Gasteiger partial charge < -0.3 is 51.0 Å². The first-order valence-corrected chi connectivity index (χ1v) is 13.1. The van der Waals surface area contributed by atoms with Crippen LogP contribution in [0.5, 0.6) is 0 Å². The summed E-state index contributed by atoms with van der Waals surface area (Å²) in [7, 11) is 3.26. The van der Waals surface area contributed by atoms with Crippen molar-refractivity contribution in [3.05, 3.63) is 43.2 Å². The summed E-state index contributed by atoms with van der Waals surface area (Å²) in [5.74, 6) is 3.01. The van der Waals surface area contributed by atoms with Gasteiger partial charge in [0.05, 0.1) is 0 Å². The molecule has 7 heteroatoms. The normalized spacial score (nSPS) is 8.62. The molecule has 1 N–H and O–H groups in total. The molecule has 0 aromatic carbocycles.